The van der Waals surface area contributed by atoms with Crippen LogP contribution in [0.2, 0.25) is 0 Å². The van der Waals surface area contributed by atoms with Crippen LogP contribution in [0.1, 0.15) is 11.1 Å². The van der Waals surface area contributed by atoms with Crippen LogP contribution < -0.4 is 9.64 Å². The van der Waals surface area contributed by atoms with Crippen LogP contribution >= 0.6 is 0 Å². The number of anilines is 1. The molecule has 3 aromatic carbocycles. The van der Waals surface area contributed by atoms with Crippen molar-refractivity contribution in [2.75, 3.05) is 31.2 Å². The fourth-order valence-corrected chi connectivity index (χ4v) is 3.19. The monoisotopic (exact) mass is 372 g/mol. The maximum atomic E-state index is 5.82. The van der Waals surface area contributed by atoms with Crippen LogP contribution in [-0.4, -0.2) is 32.5 Å². The number of hydrogen-bond donors (Lipinski definition) is 0. The Morgan fingerprint density at radius 3 is 2.32 bits per heavy atom. The summed E-state index contributed by atoms with van der Waals surface area (Å²) in [6, 6.07) is 24.1. The molecule has 1 aliphatic heterocycles. The molecule has 0 N–H and O–H groups in total. The summed E-state index contributed by atoms with van der Waals surface area (Å²) < 4.78 is 11.3. The minimum atomic E-state index is 0.798. The number of nitrogens with zero attached hydrogens (tertiary/aromatic N) is 2. The first-order valence-electron chi connectivity index (χ1n) is 9.58. The minimum Gasteiger partial charge on any atom is -0.457 e. The predicted molar refractivity (Wildman–Crippen MR) is 114 cm³/mol. The molecule has 1 fully saturated rings. The smallest absolute Gasteiger partial charge is 0.127 e. The molecule has 4 nitrogen and oxygen atoms in total. The van der Waals surface area contributed by atoms with Crippen molar-refractivity contribution in [2.24, 2.45) is 4.99 Å². The number of hydrogen-bond acceptors (Lipinski definition) is 4. The lowest BCUT2D eigenvalue weighted by Crippen LogP contribution is -2.36. The fourth-order valence-electron chi connectivity index (χ4n) is 3.19. The van der Waals surface area contributed by atoms with E-state index in [1.165, 1.54) is 11.3 Å². The second-order valence-corrected chi connectivity index (χ2v) is 6.81. The molecule has 0 atom stereocenters. The van der Waals surface area contributed by atoms with E-state index >= 15 is 0 Å². The number of aryl methyl sites for hydroxylation is 1. The second-order valence-electron chi connectivity index (χ2n) is 6.81. The Morgan fingerprint density at radius 1 is 0.893 bits per heavy atom. The molecule has 3 aromatic rings. The van der Waals surface area contributed by atoms with Gasteiger partial charge < -0.3 is 14.4 Å². The molecule has 0 spiro atoms. The normalized spacial score (nSPS) is 14.4. The van der Waals surface area contributed by atoms with E-state index < -0.39 is 0 Å². The average molecular weight is 372 g/mol. The standard InChI is InChI=1S/C24H24N2O2/c1-19-17-22(26-13-15-27-16-14-26)10-7-20(19)18-25-21-8-11-24(12-9-21)28-23-5-3-2-4-6-23/h2-12,17-18H,13-16H2,1H3. The van der Waals surface area contributed by atoms with Crippen LogP contribution in [0.25, 0.3) is 0 Å². The summed E-state index contributed by atoms with van der Waals surface area (Å²) >= 11 is 0. The molecule has 4 rings (SSSR count). The van der Waals surface area contributed by atoms with Gasteiger partial charge in [0.2, 0.25) is 0 Å². The first kappa shape index (κ1) is 18.3. The van der Waals surface area contributed by atoms with Gasteiger partial charge in [0.05, 0.1) is 18.9 Å². The van der Waals surface area contributed by atoms with Gasteiger partial charge in [0.15, 0.2) is 0 Å². The van der Waals surface area contributed by atoms with Crippen molar-refractivity contribution >= 4 is 17.6 Å². The van der Waals surface area contributed by atoms with Gasteiger partial charge in [-0.05, 0) is 66.6 Å². The topological polar surface area (TPSA) is 34.1 Å². The van der Waals surface area contributed by atoms with E-state index in [0.29, 0.717) is 0 Å². The third kappa shape index (κ3) is 4.59. The summed E-state index contributed by atoms with van der Waals surface area (Å²) in [4.78, 5) is 6.98. The van der Waals surface area contributed by atoms with Crippen LogP contribution in [0.5, 0.6) is 11.5 Å². The molecule has 0 unspecified atom stereocenters. The summed E-state index contributed by atoms with van der Waals surface area (Å²) in [6.45, 7) is 5.62. The van der Waals surface area contributed by atoms with Gasteiger partial charge in [-0.1, -0.05) is 24.3 Å². The SMILES string of the molecule is Cc1cc(N2CCOCC2)ccc1C=Nc1ccc(Oc2ccccc2)cc1. The Balaban J connectivity index is 1.42. The van der Waals surface area contributed by atoms with Crippen molar-refractivity contribution in [1.82, 2.24) is 0 Å². The zero-order chi connectivity index (χ0) is 19.2. The maximum absolute atomic E-state index is 5.82. The molecule has 0 bridgehead atoms. The molecule has 0 amide bonds. The van der Waals surface area contributed by atoms with Gasteiger partial charge in [0, 0.05) is 25.0 Å². The van der Waals surface area contributed by atoms with E-state index in [2.05, 4.69) is 35.0 Å². The van der Waals surface area contributed by atoms with Gasteiger partial charge in [0.25, 0.3) is 0 Å². The third-order valence-corrected chi connectivity index (χ3v) is 4.80. The minimum absolute atomic E-state index is 0.798. The fraction of sp³-hybridized carbons (Fsp3) is 0.208. The average Bonchev–Trinajstić information content (AvgIpc) is 2.75. The van der Waals surface area contributed by atoms with E-state index in [1.54, 1.807) is 0 Å². The largest absolute Gasteiger partial charge is 0.457 e. The summed E-state index contributed by atoms with van der Waals surface area (Å²) in [5.41, 5.74) is 4.50. The Kier molecular flexibility index (Phi) is 5.69. The van der Waals surface area contributed by atoms with Crippen molar-refractivity contribution in [3.63, 3.8) is 0 Å². The summed E-state index contributed by atoms with van der Waals surface area (Å²) in [5.74, 6) is 1.63. The van der Waals surface area contributed by atoms with Crippen LogP contribution in [0, 0.1) is 6.92 Å². The second kappa shape index (κ2) is 8.72. The third-order valence-electron chi connectivity index (χ3n) is 4.80. The van der Waals surface area contributed by atoms with Crippen molar-refractivity contribution in [3.8, 4) is 11.5 Å². The quantitative estimate of drug-likeness (QED) is 0.564. The van der Waals surface area contributed by atoms with Gasteiger partial charge in [-0.3, -0.25) is 4.99 Å². The highest BCUT2D eigenvalue weighted by Gasteiger charge is 2.11. The summed E-state index contributed by atoms with van der Waals surface area (Å²) in [7, 11) is 0. The highest BCUT2D eigenvalue weighted by atomic mass is 16.5. The molecule has 0 radical (unpaired) electrons. The predicted octanol–water partition coefficient (Wildman–Crippen LogP) is 5.37. The van der Waals surface area contributed by atoms with E-state index in [1.807, 2.05) is 60.8 Å². The van der Waals surface area contributed by atoms with Gasteiger partial charge >= 0.3 is 0 Å². The van der Waals surface area contributed by atoms with E-state index in [4.69, 9.17) is 9.47 Å². The number of morpholine rings is 1. The lowest BCUT2D eigenvalue weighted by molar-refractivity contribution is 0.122. The Hall–Kier alpha value is -3.11. The zero-order valence-corrected chi connectivity index (χ0v) is 16.0. The Bertz CT molecular complexity index is 931. The molecule has 4 heteroatoms. The summed E-state index contributed by atoms with van der Waals surface area (Å²) in [5, 5.41) is 0. The summed E-state index contributed by atoms with van der Waals surface area (Å²) in [6.07, 6.45) is 1.92. The van der Waals surface area contributed by atoms with Crippen molar-refractivity contribution in [1.29, 1.82) is 0 Å². The highest BCUT2D eigenvalue weighted by Crippen LogP contribution is 2.24. The molecule has 0 saturated carbocycles. The number of benzene rings is 3. The van der Waals surface area contributed by atoms with E-state index in [-0.39, 0.29) is 0 Å². The molecule has 1 aliphatic rings. The van der Waals surface area contributed by atoms with Crippen molar-refractivity contribution < 1.29 is 9.47 Å². The molecule has 28 heavy (non-hydrogen) atoms. The first-order valence-corrected chi connectivity index (χ1v) is 9.58. The number of ether oxygens (including phenoxy) is 2. The molecule has 142 valence electrons. The molecule has 1 saturated heterocycles. The van der Waals surface area contributed by atoms with Crippen LogP contribution in [-0.2, 0) is 4.74 Å². The Labute approximate surface area is 166 Å². The van der Waals surface area contributed by atoms with Crippen LogP contribution in [0.3, 0.4) is 0 Å². The van der Waals surface area contributed by atoms with Crippen molar-refractivity contribution in [2.45, 2.75) is 6.92 Å². The van der Waals surface area contributed by atoms with Gasteiger partial charge in [-0.15, -0.1) is 0 Å². The lowest BCUT2D eigenvalue weighted by atomic mass is 10.1. The number of rotatable bonds is 5. The van der Waals surface area contributed by atoms with E-state index in [9.17, 15) is 0 Å². The van der Waals surface area contributed by atoms with Gasteiger partial charge in [0.1, 0.15) is 11.5 Å². The van der Waals surface area contributed by atoms with Crippen LogP contribution in [0.4, 0.5) is 11.4 Å². The van der Waals surface area contributed by atoms with E-state index in [0.717, 1.165) is 49.1 Å². The van der Waals surface area contributed by atoms with Gasteiger partial charge in [-0.2, -0.15) is 0 Å². The van der Waals surface area contributed by atoms with Gasteiger partial charge in [-0.25, -0.2) is 0 Å². The highest BCUT2D eigenvalue weighted by molar-refractivity contribution is 5.84. The van der Waals surface area contributed by atoms with Crippen molar-refractivity contribution in [3.05, 3.63) is 83.9 Å². The molecule has 0 aliphatic carbocycles. The zero-order valence-electron chi connectivity index (χ0n) is 16.0. The number of aliphatic imine (C=N–C) groups is 1. The first-order chi connectivity index (χ1) is 13.8. The molecule has 1 heterocycles. The Morgan fingerprint density at radius 2 is 1.61 bits per heavy atom. The number of para-hydroxylation sites is 1. The molecular weight excluding hydrogens is 348 g/mol. The maximum Gasteiger partial charge on any atom is 0.127 e. The van der Waals surface area contributed by atoms with Crippen LogP contribution in [0.15, 0.2) is 77.8 Å². The molecule has 0 aromatic heterocycles. The lowest BCUT2D eigenvalue weighted by Gasteiger charge is -2.29. The molecular formula is C24H24N2O2.